The molecule has 7 N–H and O–H groups in total. The monoisotopic (exact) mass is 937 g/mol. The van der Waals surface area contributed by atoms with Crippen LogP contribution in [0.2, 0.25) is 0 Å². The molecule has 0 radical (unpaired) electrons. The lowest BCUT2D eigenvalue weighted by atomic mass is 9.98. The van der Waals surface area contributed by atoms with Crippen molar-refractivity contribution in [3.8, 4) is 0 Å². The molecule has 15 heteroatoms. The van der Waals surface area contributed by atoms with Crippen molar-refractivity contribution in [3.05, 3.63) is 72.9 Å². The van der Waals surface area contributed by atoms with E-state index in [1.165, 1.54) is 38.5 Å². The van der Waals surface area contributed by atoms with E-state index >= 15 is 0 Å². The predicted molar refractivity (Wildman–Crippen MR) is 252 cm³/mol. The van der Waals surface area contributed by atoms with E-state index in [4.69, 9.17) is 28.4 Å². The van der Waals surface area contributed by atoms with Crippen molar-refractivity contribution >= 4 is 11.9 Å². The lowest BCUT2D eigenvalue weighted by molar-refractivity contribution is -0.332. The van der Waals surface area contributed by atoms with E-state index in [1.54, 1.807) is 0 Å². The lowest BCUT2D eigenvalue weighted by Gasteiger charge is -2.42. The van der Waals surface area contributed by atoms with Gasteiger partial charge in [-0.1, -0.05) is 125 Å². The van der Waals surface area contributed by atoms with Crippen LogP contribution in [0.1, 0.15) is 142 Å². The normalized spacial score (nSPS) is 26.8. The standard InChI is InChI=1S/C51H84O15/c1-3-5-7-9-11-13-15-17-18-19-20-22-23-25-27-29-31-33-42(53)61-36-39(64-43(54)34-32-30-28-26-24-21-16-14-12-10-8-6-4-2)37-62-50-49(60)47(58)45(56)41(66-50)38-63-51-48(59)46(57)44(55)40(35-52)65-51/h5,7,11,13,17-18,20-22,24-25,27,39-41,44-52,55-60H,3-4,6,8-10,12,14-16,19,23,26,28-38H2,1-2H3/b7-5+,13-11+,18-17+,22-20+,24-21+,27-25+/t39-,40+,41+,44-,45-,46?,47?,48?,49?,50+,51+/m0/s1. The quantitative estimate of drug-likeness (QED) is 0.0209. The Morgan fingerprint density at radius 2 is 0.970 bits per heavy atom. The van der Waals surface area contributed by atoms with Crippen LogP contribution < -0.4 is 0 Å². The van der Waals surface area contributed by atoms with Crippen molar-refractivity contribution in [3.63, 3.8) is 0 Å². The van der Waals surface area contributed by atoms with Crippen LogP contribution in [0.4, 0.5) is 0 Å². The Morgan fingerprint density at radius 1 is 0.500 bits per heavy atom. The smallest absolute Gasteiger partial charge is 0.306 e. The molecular weight excluding hydrogens is 853 g/mol. The van der Waals surface area contributed by atoms with E-state index in [9.17, 15) is 45.3 Å². The Balaban J connectivity index is 1.86. The average molecular weight is 937 g/mol. The molecule has 2 aliphatic rings. The highest BCUT2D eigenvalue weighted by Gasteiger charge is 2.47. The Bertz CT molecular complexity index is 1430. The number of aliphatic hydroxyl groups is 7. The third kappa shape index (κ3) is 25.9. The summed E-state index contributed by atoms with van der Waals surface area (Å²) in [6.07, 6.45) is 26.6. The molecular formula is C51H84O15. The van der Waals surface area contributed by atoms with E-state index in [0.717, 1.165) is 57.8 Å². The summed E-state index contributed by atoms with van der Waals surface area (Å²) in [5.74, 6) is -1.02. The molecule has 0 aliphatic carbocycles. The van der Waals surface area contributed by atoms with Crippen molar-refractivity contribution in [1.82, 2.24) is 0 Å². The summed E-state index contributed by atoms with van der Waals surface area (Å²) >= 11 is 0. The first-order valence-electron chi connectivity index (χ1n) is 24.5. The molecule has 2 heterocycles. The average Bonchev–Trinajstić information content (AvgIpc) is 3.31. The van der Waals surface area contributed by atoms with Gasteiger partial charge in [-0.25, -0.2) is 0 Å². The number of esters is 2. The van der Waals surface area contributed by atoms with Gasteiger partial charge >= 0.3 is 11.9 Å². The predicted octanol–water partition coefficient (Wildman–Crippen LogP) is 6.26. The molecule has 11 atom stereocenters. The Kier molecular flexibility index (Phi) is 33.9. The third-order valence-corrected chi connectivity index (χ3v) is 11.2. The first-order chi connectivity index (χ1) is 32.0. The summed E-state index contributed by atoms with van der Waals surface area (Å²) in [7, 11) is 0. The van der Waals surface area contributed by atoms with Gasteiger partial charge in [-0.05, 0) is 77.0 Å². The summed E-state index contributed by atoms with van der Waals surface area (Å²) in [5, 5.41) is 72.0. The van der Waals surface area contributed by atoms with Gasteiger partial charge in [0.05, 0.1) is 19.8 Å². The van der Waals surface area contributed by atoms with E-state index < -0.39 is 99.3 Å². The van der Waals surface area contributed by atoms with Crippen LogP contribution in [-0.4, -0.2) is 142 Å². The molecule has 0 spiro atoms. The second-order valence-electron chi connectivity index (χ2n) is 16.9. The van der Waals surface area contributed by atoms with Crippen molar-refractivity contribution in [2.24, 2.45) is 0 Å². The molecule has 0 aromatic heterocycles. The molecule has 4 unspecified atom stereocenters. The van der Waals surface area contributed by atoms with Crippen LogP contribution in [0, 0.1) is 0 Å². The topological polar surface area (TPSA) is 231 Å². The zero-order valence-corrected chi connectivity index (χ0v) is 39.6. The second kappa shape index (κ2) is 37.9. The highest BCUT2D eigenvalue weighted by molar-refractivity contribution is 5.70. The molecule has 2 aliphatic heterocycles. The second-order valence-corrected chi connectivity index (χ2v) is 16.9. The Morgan fingerprint density at radius 3 is 1.56 bits per heavy atom. The van der Waals surface area contributed by atoms with Gasteiger partial charge in [-0.3, -0.25) is 9.59 Å². The van der Waals surface area contributed by atoms with Crippen LogP contribution in [-0.2, 0) is 38.0 Å². The largest absolute Gasteiger partial charge is 0.462 e. The number of carbonyl (C=O) groups is 2. The summed E-state index contributed by atoms with van der Waals surface area (Å²) in [4.78, 5) is 25.7. The lowest BCUT2D eigenvalue weighted by Crippen LogP contribution is -2.61. The molecule has 0 amide bonds. The fraction of sp³-hybridized carbons (Fsp3) is 0.725. The summed E-state index contributed by atoms with van der Waals surface area (Å²) in [6.45, 7) is 2.36. The molecule has 0 saturated carbocycles. The van der Waals surface area contributed by atoms with Crippen molar-refractivity contribution in [2.45, 2.75) is 210 Å². The molecule has 2 saturated heterocycles. The zero-order valence-electron chi connectivity index (χ0n) is 39.6. The van der Waals surface area contributed by atoms with Gasteiger partial charge in [-0.15, -0.1) is 0 Å². The van der Waals surface area contributed by atoms with Crippen LogP contribution in [0.25, 0.3) is 0 Å². The molecule has 2 rings (SSSR count). The minimum Gasteiger partial charge on any atom is -0.462 e. The first kappa shape index (κ1) is 59.1. The van der Waals surface area contributed by atoms with Gasteiger partial charge in [0.15, 0.2) is 18.7 Å². The number of hydrogen-bond acceptors (Lipinski definition) is 15. The fourth-order valence-electron chi connectivity index (χ4n) is 7.13. The molecule has 66 heavy (non-hydrogen) atoms. The van der Waals surface area contributed by atoms with E-state index in [1.807, 2.05) is 12.2 Å². The summed E-state index contributed by atoms with van der Waals surface area (Å²) in [6, 6.07) is 0. The third-order valence-electron chi connectivity index (χ3n) is 11.2. The summed E-state index contributed by atoms with van der Waals surface area (Å²) in [5.41, 5.74) is 0. The van der Waals surface area contributed by atoms with Crippen LogP contribution >= 0.6 is 0 Å². The van der Waals surface area contributed by atoms with Gasteiger partial charge in [0.25, 0.3) is 0 Å². The molecule has 378 valence electrons. The fourth-order valence-corrected chi connectivity index (χ4v) is 7.13. The van der Waals surface area contributed by atoms with E-state index in [2.05, 4.69) is 74.6 Å². The van der Waals surface area contributed by atoms with E-state index in [0.29, 0.717) is 19.3 Å². The van der Waals surface area contributed by atoms with Gasteiger partial charge in [-0.2, -0.15) is 0 Å². The highest BCUT2D eigenvalue weighted by atomic mass is 16.7. The molecule has 0 aromatic rings. The molecule has 2 fully saturated rings. The molecule has 0 aromatic carbocycles. The van der Waals surface area contributed by atoms with Crippen LogP contribution in [0.3, 0.4) is 0 Å². The van der Waals surface area contributed by atoms with E-state index in [-0.39, 0.29) is 19.4 Å². The van der Waals surface area contributed by atoms with Crippen LogP contribution in [0.15, 0.2) is 72.9 Å². The van der Waals surface area contributed by atoms with Crippen molar-refractivity contribution in [2.75, 3.05) is 26.4 Å². The van der Waals surface area contributed by atoms with Gasteiger partial charge in [0.1, 0.15) is 55.4 Å². The number of hydrogen-bond donors (Lipinski definition) is 7. The number of aliphatic hydroxyl groups excluding tert-OH is 7. The number of unbranched alkanes of at least 4 members (excludes halogenated alkanes) is 10. The van der Waals surface area contributed by atoms with Gasteiger partial charge in [0, 0.05) is 12.8 Å². The van der Waals surface area contributed by atoms with Gasteiger partial charge < -0.3 is 64.2 Å². The number of ether oxygens (including phenoxy) is 6. The first-order valence-corrected chi connectivity index (χ1v) is 24.5. The number of rotatable bonds is 36. The highest BCUT2D eigenvalue weighted by Crippen LogP contribution is 2.26. The maximum Gasteiger partial charge on any atom is 0.306 e. The summed E-state index contributed by atoms with van der Waals surface area (Å²) < 4.78 is 33.4. The maximum absolute atomic E-state index is 13.0. The Hall–Kier alpha value is -3.06. The number of allylic oxidation sites excluding steroid dienone is 12. The SMILES string of the molecule is CC/C=C/C/C=C/C/C=C/C/C=C/C/C=C/CCCC(=O)OC[C@@H](CO[C@@H]1O[C@H](CO[C@@H]2O[C@H](CO)[C@H](O)C(O)C2O)[C@H](O)C(O)C1O)OC(=O)CCCCC/C=C/CCCCCCCC. The van der Waals surface area contributed by atoms with Crippen molar-refractivity contribution in [1.29, 1.82) is 0 Å². The van der Waals surface area contributed by atoms with Crippen molar-refractivity contribution < 1.29 is 73.8 Å². The molecule has 0 bridgehead atoms. The van der Waals surface area contributed by atoms with Gasteiger partial charge in [0.2, 0.25) is 0 Å². The number of carbonyl (C=O) groups excluding carboxylic acids is 2. The van der Waals surface area contributed by atoms with Crippen LogP contribution in [0.5, 0.6) is 0 Å². The maximum atomic E-state index is 13.0. The minimum atomic E-state index is -1.78. The minimum absolute atomic E-state index is 0.129. The molecule has 15 nitrogen and oxygen atoms in total. The Labute approximate surface area is 393 Å². The zero-order chi connectivity index (χ0) is 48.2.